The van der Waals surface area contributed by atoms with Gasteiger partial charge in [0.2, 0.25) is 5.91 Å². The smallest absolute Gasteiger partial charge is 0.381 e. The number of nitrogens with one attached hydrogen (secondary N) is 1. The van der Waals surface area contributed by atoms with E-state index in [0.29, 0.717) is 18.2 Å². The number of hydrogen-bond acceptors (Lipinski definition) is 3. The van der Waals surface area contributed by atoms with Crippen molar-refractivity contribution in [3.63, 3.8) is 0 Å². The number of carbonyl (C=O) groups is 1. The lowest BCUT2D eigenvalue weighted by molar-refractivity contribution is -0.137. The Hall–Kier alpha value is -2.64. The van der Waals surface area contributed by atoms with Crippen LogP contribution in [0.15, 0.2) is 54.6 Å². The van der Waals surface area contributed by atoms with E-state index in [1.807, 2.05) is 39.8 Å². The summed E-state index contributed by atoms with van der Waals surface area (Å²) in [5.74, 6) is -0.360. The van der Waals surface area contributed by atoms with Crippen LogP contribution in [0.4, 0.5) is 13.2 Å². The summed E-state index contributed by atoms with van der Waals surface area (Å²) in [6, 6.07) is 13.5. The molecule has 1 aliphatic rings. The third-order valence-electron chi connectivity index (χ3n) is 5.38. The summed E-state index contributed by atoms with van der Waals surface area (Å²) in [5, 5.41) is 2.75. The lowest BCUT2D eigenvalue weighted by atomic mass is 10.1. The van der Waals surface area contributed by atoms with Crippen LogP contribution in [0.1, 0.15) is 62.8 Å². The summed E-state index contributed by atoms with van der Waals surface area (Å²) in [5.41, 5.74) is 1.74. The molecule has 35 heavy (non-hydrogen) atoms. The molecule has 2 aromatic rings. The molecule has 1 saturated heterocycles. The molecule has 7 heteroatoms. The van der Waals surface area contributed by atoms with Crippen molar-refractivity contribution in [1.29, 1.82) is 0 Å². The third kappa shape index (κ3) is 11.1. The van der Waals surface area contributed by atoms with Crippen molar-refractivity contribution in [2.75, 3.05) is 20.3 Å². The van der Waals surface area contributed by atoms with E-state index in [4.69, 9.17) is 4.74 Å². The molecule has 1 aliphatic heterocycles. The minimum atomic E-state index is -4.40. The molecule has 0 bridgehead atoms. The first-order valence-electron chi connectivity index (χ1n) is 12.3. The van der Waals surface area contributed by atoms with Gasteiger partial charge < -0.3 is 10.1 Å². The number of amides is 1. The van der Waals surface area contributed by atoms with Gasteiger partial charge in [-0.1, -0.05) is 64.1 Å². The van der Waals surface area contributed by atoms with Gasteiger partial charge in [0, 0.05) is 38.4 Å². The molecule has 2 aromatic carbocycles. The van der Waals surface area contributed by atoms with Gasteiger partial charge in [-0.25, -0.2) is 0 Å². The molecule has 3 rings (SSSR count). The average molecular weight is 493 g/mol. The summed E-state index contributed by atoms with van der Waals surface area (Å²) in [4.78, 5) is 14.4. The monoisotopic (exact) mass is 492 g/mol. The number of halogens is 3. The number of benzene rings is 2. The van der Waals surface area contributed by atoms with Gasteiger partial charge in [0.05, 0.1) is 5.56 Å². The number of rotatable bonds is 7. The van der Waals surface area contributed by atoms with Gasteiger partial charge in [-0.15, -0.1) is 0 Å². The van der Waals surface area contributed by atoms with Crippen LogP contribution in [0.3, 0.4) is 0 Å². The van der Waals surface area contributed by atoms with E-state index in [-0.39, 0.29) is 5.91 Å². The van der Waals surface area contributed by atoms with Crippen LogP contribution < -0.4 is 5.32 Å². The number of nitrogens with zero attached hydrogens (tertiary/aromatic N) is 1. The third-order valence-corrected chi connectivity index (χ3v) is 5.38. The summed E-state index contributed by atoms with van der Waals surface area (Å²) in [6.07, 6.45) is 0.313. The zero-order valence-electron chi connectivity index (χ0n) is 21.5. The van der Waals surface area contributed by atoms with Crippen molar-refractivity contribution in [3.8, 4) is 0 Å². The molecule has 0 aliphatic carbocycles. The lowest BCUT2D eigenvalue weighted by Crippen LogP contribution is -2.36. The predicted octanol–water partition coefficient (Wildman–Crippen LogP) is 6.70. The number of alkyl halides is 3. The SMILES string of the molecule is CC.CC.CN(Cc1ccc(CNC(=O)/C=C/c2cccc(C(F)(F)F)c2)cc1)C1CCOCC1. The minimum absolute atomic E-state index is 0.322. The first-order valence-corrected chi connectivity index (χ1v) is 12.3. The highest BCUT2D eigenvalue weighted by Gasteiger charge is 2.30. The van der Waals surface area contributed by atoms with Gasteiger partial charge in [-0.3, -0.25) is 9.69 Å². The lowest BCUT2D eigenvalue weighted by Gasteiger charge is -2.31. The highest BCUT2D eigenvalue weighted by molar-refractivity contribution is 5.91. The Balaban J connectivity index is 0.00000145. The molecule has 1 N–H and O–H groups in total. The molecular weight excluding hydrogens is 453 g/mol. The van der Waals surface area contributed by atoms with Gasteiger partial charge in [0.25, 0.3) is 0 Å². The van der Waals surface area contributed by atoms with Crippen LogP contribution in [0.25, 0.3) is 6.08 Å². The zero-order valence-corrected chi connectivity index (χ0v) is 21.5. The van der Waals surface area contributed by atoms with Crippen LogP contribution in [0, 0.1) is 0 Å². The summed E-state index contributed by atoms with van der Waals surface area (Å²) in [7, 11) is 2.13. The quantitative estimate of drug-likeness (QED) is 0.438. The minimum Gasteiger partial charge on any atom is -0.381 e. The fourth-order valence-electron chi connectivity index (χ4n) is 3.54. The van der Waals surface area contributed by atoms with E-state index in [9.17, 15) is 18.0 Å². The number of hydrogen-bond donors (Lipinski definition) is 1. The highest BCUT2D eigenvalue weighted by atomic mass is 19.4. The summed E-state index contributed by atoms with van der Waals surface area (Å²) >= 11 is 0. The average Bonchev–Trinajstić information content (AvgIpc) is 2.89. The predicted molar refractivity (Wildman–Crippen MR) is 137 cm³/mol. The molecule has 0 aromatic heterocycles. The van der Waals surface area contributed by atoms with Crippen LogP contribution in [0.2, 0.25) is 0 Å². The molecule has 0 saturated carbocycles. The molecule has 0 unspecified atom stereocenters. The Kier molecular flexibility index (Phi) is 14.0. The van der Waals surface area contributed by atoms with Crippen molar-refractivity contribution in [2.45, 2.75) is 65.8 Å². The van der Waals surface area contributed by atoms with E-state index in [2.05, 4.69) is 29.4 Å². The molecule has 194 valence electrons. The van der Waals surface area contributed by atoms with Crippen LogP contribution in [0.5, 0.6) is 0 Å². The maximum Gasteiger partial charge on any atom is 0.416 e. The van der Waals surface area contributed by atoms with Crippen LogP contribution in [-0.4, -0.2) is 37.1 Å². The van der Waals surface area contributed by atoms with Crippen molar-refractivity contribution in [3.05, 3.63) is 76.9 Å². The van der Waals surface area contributed by atoms with Gasteiger partial charge >= 0.3 is 6.18 Å². The van der Waals surface area contributed by atoms with Gasteiger partial charge in [0.1, 0.15) is 0 Å². The molecule has 0 radical (unpaired) electrons. The number of carbonyl (C=O) groups excluding carboxylic acids is 1. The number of ether oxygens (including phenoxy) is 1. The van der Waals surface area contributed by atoms with Crippen molar-refractivity contribution in [2.24, 2.45) is 0 Å². The molecular formula is C28H39F3N2O2. The second-order valence-corrected chi connectivity index (χ2v) is 7.75. The zero-order chi connectivity index (χ0) is 26.3. The second-order valence-electron chi connectivity index (χ2n) is 7.75. The Morgan fingerprint density at radius 3 is 2.23 bits per heavy atom. The Morgan fingerprint density at radius 2 is 1.63 bits per heavy atom. The van der Waals surface area contributed by atoms with E-state index in [1.54, 1.807) is 0 Å². The molecule has 1 fully saturated rings. The van der Waals surface area contributed by atoms with Gasteiger partial charge in [0.15, 0.2) is 0 Å². The fourth-order valence-corrected chi connectivity index (χ4v) is 3.54. The Morgan fingerprint density at radius 1 is 1.03 bits per heavy atom. The van der Waals surface area contributed by atoms with Crippen molar-refractivity contribution in [1.82, 2.24) is 10.2 Å². The van der Waals surface area contributed by atoms with Crippen molar-refractivity contribution < 1.29 is 22.7 Å². The maximum atomic E-state index is 12.8. The van der Waals surface area contributed by atoms with E-state index >= 15 is 0 Å². The standard InChI is InChI=1S/C24H27F3N2O2.2C2H6/c1-29(22-11-13-31-14-12-22)17-20-7-5-19(6-8-20)16-28-23(30)10-9-18-3-2-4-21(15-18)24(25,26)27;2*1-2/h2-10,15,22H,11-14,16-17H2,1H3,(H,28,30);2*1-2H3/b10-9+;;. The Bertz CT molecular complexity index is 890. The van der Waals surface area contributed by atoms with Crippen LogP contribution >= 0.6 is 0 Å². The molecule has 0 spiro atoms. The molecule has 4 nitrogen and oxygen atoms in total. The summed E-state index contributed by atoms with van der Waals surface area (Å²) < 4.78 is 43.7. The van der Waals surface area contributed by atoms with Gasteiger partial charge in [-0.2, -0.15) is 13.2 Å². The first-order chi connectivity index (χ1) is 16.8. The summed E-state index contributed by atoms with van der Waals surface area (Å²) in [6.45, 7) is 10.8. The second kappa shape index (κ2) is 16.1. The maximum absolute atomic E-state index is 12.8. The van der Waals surface area contributed by atoms with Gasteiger partial charge in [-0.05, 0) is 54.8 Å². The fraction of sp³-hybridized carbons (Fsp3) is 0.464. The van der Waals surface area contributed by atoms with Crippen molar-refractivity contribution >= 4 is 12.0 Å². The topological polar surface area (TPSA) is 41.6 Å². The Labute approximate surface area is 208 Å². The normalized spacial score (nSPS) is 14.1. The van der Waals surface area contributed by atoms with E-state index in [1.165, 1.54) is 29.8 Å². The van der Waals surface area contributed by atoms with E-state index in [0.717, 1.165) is 50.3 Å². The largest absolute Gasteiger partial charge is 0.416 e. The van der Waals surface area contributed by atoms with E-state index < -0.39 is 11.7 Å². The van der Waals surface area contributed by atoms with Crippen LogP contribution in [-0.2, 0) is 28.8 Å². The highest BCUT2D eigenvalue weighted by Crippen LogP contribution is 2.29. The molecule has 0 atom stereocenters. The molecule has 1 heterocycles. The molecule has 1 amide bonds. The first kappa shape index (κ1) is 30.4.